The molecule has 0 radical (unpaired) electrons. The Morgan fingerprint density at radius 1 is 1.56 bits per heavy atom. The summed E-state index contributed by atoms with van der Waals surface area (Å²) in [5.74, 6) is -0.601. The number of nitrogens with zero attached hydrogens (tertiary/aromatic N) is 1. The zero-order valence-corrected chi connectivity index (χ0v) is 11.1. The number of halogens is 4. The van der Waals surface area contributed by atoms with E-state index in [1.165, 1.54) is 0 Å². The van der Waals surface area contributed by atoms with E-state index in [2.05, 4.69) is 4.98 Å². The van der Waals surface area contributed by atoms with E-state index in [9.17, 15) is 13.6 Å². The molecule has 0 aromatic carbocycles. The second-order valence-electron chi connectivity index (χ2n) is 3.38. The normalized spacial score (nSPS) is 10.8. The Kier molecular flexibility index (Phi) is 5.75. The average molecular weight is 298 g/mol. The molecule has 0 aliphatic heterocycles. The summed E-state index contributed by atoms with van der Waals surface area (Å²) in [5.41, 5.74) is -0.0687. The quantitative estimate of drug-likeness (QED) is 0.617. The molecule has 0 fully saturated rings. The lowest BCUT2D eigenvalue weighted by molar-refractivity contribution is -0.142. The number of aromatic nitrogens is 1. The van der Waals surface area contributed by atoms with Crippen molar-refractivity contribution in [2.24, 2.45) is 0 Å². The van der Waals surface area contributed by atoms with Crippen molar-refractivity contribution in [2.45, 2.75) is 25.7 Å². The third-order valence-corrected chi connectivity index (χ3v) is 2.85. The number of esters is 1. The molecule has 0 N–H and O–H groups in total. The zero-order valence-electron chi connectivity index (χ0n) is 9.55. The van der Waals surface area contributed by atoms with E-state index >= 15 is 0 Å². The molecule has 0 amide bonds. The molecule has 1 aromatic rings. The second-order valence-corrected chi connectivity index (χ2v) is 4.03. The van der Waals surface area contributed by atoms with Crippen molar-refractivity contribution in [3.63, 3.8) is 0 Å². The van der Waals surface area contributed by atoms with Gasteiger partial charge in [0.05, 0.1) is 23.7 Å². The fraction of sp³-hybridized carbons (Fsp3) is 0.455. The Hall–Kier alpha value is -0.940. The van der Waals surface area contributed by atoms with Gasteiger partial charge in [0.25, 0.3) is 6.43 Å². The number of hydrogen-bond acceptors (Lipinski definition) is 3. The average Bonchev–Trinajstić information content (AvgIpc) is 2.31. The largest absolute Gasteiger partial charge is 0.466 e. The monoisotopic (exact) mass is 297 g/mol. The van der Waals surface area contributed by atoms with Crippen LogP contribution in [-0.4, -0.2) is 17.6 Å². The highest BCUT2D eigenvalue weighted by molar-refractivity contribution is 6.33. The van der Waals surface area contributed by atoms with Crippen LogP contribution in [0.25, 0.3) is 0 Å². The van der Waals surface area contributed by atoms with Gasteiger partial charge in [0.1, 0.15) is 5.69 Å². The van der Waals surface area contributed by atoms with Gasteiger partial charge in [0.2, 0.25) is 0 Å². The van der Waals surface area contributed by atoms with Gasteiger partial charge in [0, 0.05) is 5.88 Å². The van der Waals surface area contributed by atoms with Gasteiger partial charge in [-0.15, -0.1) is 11.6 Å². The van der Waals surface area contributed by atoms with E-state index in [1.54, 1.807) is 6.92 Å². The fourth-order valence-electron chi connectivity index (χ4n) is 1.34. The van der Waals surface area contributed by atoms with E-state index in [1.807, 2.05) is 0 Å². The minimum absolute atomic E-state index is 0.0309. The Labute approximate surface area is 113 Å². The topological polar surface area (TPSA) is 39.2 Å². The predicted octanol–water partition coefficient (Wildman–Crippen LogP) is 3.52. The zero-order chi connectivity index (χ0) is 13.7. The first-order valence-electron chi connectivity index (χ1n) is 5.17. The molecule has 0 unspecified atom stereocenters. The smallest absolute Gasteiger partial charge is 0.311 e. The standard InChI is InChI=1S/C11H11Cl2F2NO2/c1-2-18-9(17)4-7-10(13)6(5-12)3-8(16-7)11(14)15/h3,11H,2,4-5H2,1H3. The maximum atomic E-state index is 12.6. The molecule has 0 aliphatic rings. The van der Waals surface area contributed by atoms with Crippen LogP contribution in [0.4, 0.5) is 8.78 Å². The number of ether oxygens (including phenoxy) is 1. The van der Waals surface area contributed by atoms with Gasteiger partial charge in [0.15, 0.2) is 0 Å². The van der Waals surface area contributed by atoms with E-state index in [4.69, 9.17) is 27.9 Å². The number of alkyl halides is 3. The van der Waals surface area contributed by atoms with Gasteiger partial charge in [-0.25, -0.2) is 13.8 Å². The van der Waals surface area contributed by atoms with Crippen molar-refractivity contribution in [2.75, 3.05) is 6.61 Å². The van der Waals surface area contributed by atoms with Crippen molar-refractivity contribution in [1.29, 1.82) is 0 Å². The molecule has 100 valence electrons. The van der Waals surface area contributed by atoms with Crippen molar-refractivity contribution in [1.82, 2.24) is 4.98 Å². The molecule has 1 rings (SSSR count). The van der Waals surface area contributed by atoms with Crippen molar-refractivity contribution >= 4 is 29.2 Å². The van der Waals surface area contributed by atoms with Crippen molar-refractivity contribution < 1.29 is 18.3 Å². The first kappa shape index (κ1) is 15.1. The summed E-state index contributed by atoms with van der Waals surface area (Å²) in [7, 11) is 0. The van der Waals surface area contributed by atoms with E-state index < -0.39 is 18.1 Å². The Morgan fingerprint density at radius 3 is 2.72 bits per heavy atom. The van der Waals surface area contributed by atoms with E-state index in [0.717, 1.165) is 6.07 Å². The lowest BCUT2D eigenvalue weighted by atomic mass is 10.1. The molecule has 1 heterocycles. The number of carbonyl (C=O) groups excluding carboxylic acids is 1. The van der Waals surface area contributed by atoms with E-state index in [0.29, 0.717) is 5.56 Å². The number of rotatable bonds is 5. The molecule has 18 heavy (non-hydrogen) atoms. The first-order valence-corrected chi connectivity index (χ1v) is 6.08. The SMILES string of the molecule is CCOC(=O)Cc1nc(C(F)F)cc(CCl)c1Cl. The summed E-state index contributed by atoms with van der Waals surface area (Å²) >= 11 is 11.5. The summed E-state index contributed by atoms with van der Waals surface area (Å²) in [6.07, 6.45) is -3.00. The first-order chi connectivity index (χ1) is 8.49. The van der Waals surface area contributed by atoms with Crippen molar-refractivity contribution in [3.8, 4) is 0 Å². The number of carbonyl (C=O) groups is 1. The van der Waals surface area contributed by atoms with Crippen molar-refractivity contribution in [3.05, 3.63) is 28.0 Å². The van der Waals surface area contributed by atoms with Crippen LogP contribution < -0.4 is 0 Å². The Morgan fingerprint density at radius 2 is 2.22 bits per heavy atom. The summed E-state index contributed by atoms with van der Waals surface area (Å²) in [6, 6.07) is 1.13. The molecule has 7 heteroatoms. The van der Waals surface area contributed by atoms with Gasteiger partial charge in [-0.2, -0.15) is 0 Å². The number of pyridine rings is 1. The van der Waals surface area contributed by atoms with Crippen LogP contribution in [0, 0.1) is 0 Å². The molecule has 0 saturated heterocycles. The van der Waals surface area contributed by atoms with Gasteiger partial charge >= 0.3 is 5.97 Å². The fourth-order valence-corrected chi connectivity index (χ4v) is 1.85. The third kappa shape index (κ3) is 3.78. The van der Waals surface area contributed by atoms with Gasteiger partial charge in [-0.05, 0) is 18.6 Å². The van der Waals surface area contributed by atoms with Crippen LogP contribution in [0.1, 0.15) is 30.3 Å². The Bertz CT molecular complexity index is 441. The Balaban J connectivity index is 3.08. The highest BCUT2D eigenvalue weighted by atomic mass is 35.5. The van der Waals surface area contributed by atoms with Gasteiger partial charge < -0.3 is 4.74 Å². The molecular formula is C11H11Cl2F2NO2. The lowest BCUT2D eigenvalue weighted by Crippen LogP contribution is -2.11. The molecule has 0 bridgehead atoms. The predicted molar refractivity (Wildman–Crippen MR) is 64.1 cm³/mol. The van der Waals surface area contributed by atoms with Crippen LogP contribution in [0.5, 0.6) is 0 Å². The maximum Gasteiger partial charge on any atom is 0.311 e. The van der Waals surface area contributed by atoms with Crippen LogP contribution in [-0.2, 0) is 21.8 Å². The summed E-state index contributed by atoms with van der Waals surface area (Å²) in [4.78, 5) is 15.0. The third-order valence-electron chi connectivity index (χ3n) is 2.11. The molecule has 1 aromatic heterocycles. The minimum Gasteiger partial charge on any atom is -0.466 e. The molecule has 0 saturated carbocycles. The second kappa shape index (κ2) is 6.85. The molecular weight excluding hydrogens is 287 g/mol. The van der Waals surface area contributed by atoms with Crippen LogP contribution in [0.15, 0.2) is 6.07 Å². The van der Waals surface area contributed by atoms with Crippen LogP contribution >= 0.6 is 23.2 Å². The minimum atomic E-state index is -2.75. The molecule has 3 nitrogen and oxygen atoms in total. The molecule has 0 aliphatic carbocycles. The number of hydrogen-bond donors (Lipinski definition) is 0. The van der Waals surface area contributed by atoms with Crippen LogP contribution in [0.3, 0.4) is 0 Å². The van der Waals surface area contributed by atoms with E-state index in [-0.39, 0.29) is 29.6 Å². The summed E-state index contributed by atoms with van der Waals surface area (Å²) < 4.78 is 29.9. The summed E-state index contributed by atoms with van der Waals surface area (Å²) in [6.45, 7) is 1.85. The van der Waals surface area contributed by atoms with Crippen LogP contribution in [0.2, 0.25) is 5.02 Å². The molecule has 0 atom stereocenters. The lowest BCUT2D eigenvalue weighted by Gasteiger charge is -2.10. The highest BCUT2D eigenvalue weighted by Gasteiger charge is 2.18. The van der Waals surface area contributed by atoms with Gasteiger partial charge in [-0.1, -0.05) is 11.6 Å². The summed E-state index contributed by atoms with van der Waals surface area (Å²) in [5, 5.41) is 0.127. The van der Waals surface area contributed by atoms with Gasteiger partial charge in [-0.3, -0.25) is 4.79 Å². The molecule has 0 spiro atoms. The highest BCUT2D eigenvalue weighted by Crippen LogP contribution is 2.27. The maximum absolute atomic E-state index is 12.6.